The summed E-state index contributed by atoms with van der Waals surface area (Å²) in [4.78, 5) is 22.2. The number of hydrogen-bond acceptors (Lipinski definition) is 5. The van der Waals surface area contributed by atoms with Crippen LogP contribution in [0.3, 0.4) is 0 Å². The van der Waals surface area contributed by atoms with Gasteiger partial charge < -0.3 is 12.7 Å². The number of esters is 1. The Hall–Kier alpha value is 0.850. The molecule has 0 aromatic carbocycles. The summed E-state index contributed by atoms with van der Waals surface area (Å²) in [5.41, 5.74) is 0. The van der Waals surface area contributed by atoms with Gasteiger partial charge >= 0.3 is 71.1 Å². The normalized spacial score (nSPS) is 11.8. The van der Waals surface area contributed by atoms with Crippen LogP contribution in [0, 0.1) is 0 Å². The van der Waals surface area contributed by atoms with E-state index < -0.39 is 33.7 Å². The van der Waals surface area contributed by atoms with E-state index in [1.54, 1.807) is 0 Å². The molecule has 0 aromatic rings. The van der Waals surface area contributed by atoms with E-state index in [4.69, 9.17) is 14.4 Å². The topological polar surface area (TPSA) is 118 Å². The van der Waals surface area contributed by atoms with Gasteiger partial charge in [0.25, 0.3) is 10.1 Å². The second kappa shape index (κ2) is 21.1. The van der Waals surface area contributed by atoms with Crippen molar-refractivity contribution in [3.8, 4) is 0 Å². The molecule has 0 radical (unpaired) electrons. The monoisotopic (exact) mass is 442 g/mol. The summed E-state index contributed by atoms with van der Waals surface area (Å²) in [5, 5.41) is 6.54. The van der Waals surface area contributed by atoms with Crippen LogP contribution >= 0.6 is 0 Å². The van der Waals surface area contributed by atoms with Gasteiger partial charge in [-0.15, -0.1) is 0 Å². The molecule has 0 amide bonds. The number of hydrogen-bond donors (Lipinski definition) is 2. The molecule has 0 rings (SSSR count). The Labute approximate surface area is 217 Å². The Morgan fingerprint density at radius 1 is 0.857 bits per heavy atom. The Bertz CT molecular complexity index is 509. The van der Waals surface area contributed by atoms with Crippen LogP contribution < -0.4 is 59.1 Å². The number of rotatable bonds is 17. The Balaban J connectivity index is -0.000000521. The first-order valence-electron chi connectivity index (χ1n) is 9.63. The molecule has 28 heavy (non-hydrogen) atoms. The predicted molar refractivity (Wildman–Crippen MR) is 102 cm³/mol. The van der Waals surface area contributed by atoms with Crippen molar-refractivity contribution >= 4 is 22.1 Å². The standard InChI is InChI=1S/C18H34O7S.2Na.2H/c1-2-3-4-5-6-7-8-9-10-11-12-13-14-25-18(21)16(15-17(19)20)26(22,23)24;;;;/h16H,2-15H2,1H3,(H,19,20)(H,22,23,24);;;;/q;2*+1;2*-1. The third-order valence-corrected chi connectivity index (χ3v) is 5.30. The third-order valence-electron chi connectivity index (χ3n) is 4.22. The molecule has 10 heteroatoms. The van der Waals surface area contributed by atoms with Crippen LogP contribution in [0.2, 0.25) is 0 Å². The van der Waals surface area contributed by atoms with Gasteiger partial charge in [0.05, 0.1) is 13.0 Å². The molecular formula is C18H36Na2O7S. The average Bonchev–Trinajstić information content (AvgIpc) is 2.55. The zero-order valence-electron chi connectivity index (χ0n) is 19.8. The van der Waals surface area contributed by atoms with Crippen LogP contribution in [0.25, 0.3) is 0 Å². The number of carboxylic acids is 1. The predicted octanol–water partition coefficient (Wildman–Crippen LogP) is -1.81. The largest absolute Gasteiger partial charge is 1.00 e. The van der Waals surface area contributed by atoms with Crippen LogP contribution in [0.4, 0.5) is 0 Å². The van der Waals surface area contributed by atoms with E-state index in [0.29, 0.717) is 6.42 Å². The maximum atomic E-state index is 11.6. The van der Waals surface area contributed by atoms with Crippen molar-refractivity contribution in [2.24, 2.45) is 0 Å². The Morgan fingerprint density at radius 2 is 1.25 bits per heavy atom. The molecule has 0 aliphatic heterocycles. The molecule has 0 saturated carbocycles. The molecule has 0 spiro atoms. The third kappa shape index (κ3) is 20.1. The molecule has 158 valence electrons. The van der Waals surface area contributed by atoms with Crippen molar-refractivity contribution in [1.29, 1.82) is 0 Å². The summed E-state index contributed by atoms with van der Waals surface area (Å²) in [6.07, 6.45) is 12.9. The average molecular weight is 443 g/mol. The van der Waals surface area contributed by atoms with Crippen molar-refractivity contribution in [1.82, 2.24) is 0 Å². The summed E-state index contributed by atoms with van der Waals surface area (Å²) < 4.78 is 35.8. The van der Waals surface area contributed by atoms with Gasteiger partial charge in [-0.1, -0.05) is 77.6 Å². The van der Waals surface area contributed by atoms with Crippen LogP contribution in [0.15, 0.2) is 0 Å². The molecule has 0 aliphatic carbocycles. The molecule has 1 atom stereocenters. The van der Waals surface area contributed by atoms with E-state index in [1.165, 1.54) is 51.4 Å². The minimum Gasteiger partial charge on any atom is -1.00 e. The summed E-state index contributed by atoms with van der Waals surface area (Å²) in [6, 6.07) is 0. The van der Waals surface area contributed by atoms with Crippen molar-refractivity contribution in [3.63, 3.8) is 0 Å². The molecular weight excluding hydrogens is 406 g/mol. The number of aliphatic carboxylic acids is 1. The Morgan fingerprint density at radius 3 is 1.61 bits per heavy atom. The van der Waals surface area contributed by atoms with Crippen molar-refractivity contribution in [2.75, 3.05) is 6.61 Å². The van der Waals surface area contributed by atoms with Gasteiger partial charge in [0, 0.05) is 0 Å². The minimum atomic E-state index is -4.78. The maximum Gasteiger partial charge on any atom is 1.00 e. The summed E-state index contributed by atoms with van der Waals surface area (Å²) in [7, 11) is -4.78. The molecule has 1 unspecified atom stereocenters. The molecule has 0 heterocycles. The van der Waals surface area contributed by atoms with Crippen LogP contribution in [-0.4, -0.2) is 41.9 Å². The van der Waals surface area contributed by atoms with Gasteiger partial charge in [-0.2, -0.15) is 8.42 Å². The number of carbonyl (C=O) groups excluding carboxylic acids is 1. The van der Waals surface area contributed by atoms with Crippen LogP contribution in [0.1, 0.15) is 93.2 Å². The Kier molecular flexibility index (Phi) is 25.2. The summed E-state index contributed by atoms with van der Waals surface area (Å²) in [5.74, 6) is -2.70. The van der Waals surface area contributed by atoms with E-state index >= 15 is 0 Å². The van der Waals surface area contributed by atoms with Gasteiger partial charge in [-0.25, -0.2) is 0 Å². The second-order valence-electron chi connectivity index (χ2n) is 6.66. The quantitative estimate of drug-likeness (QED) is 0.118. The van der Waals surface area contributed by atoms with Crippen molar-refractivity contribution < 1.29 is 94.4 Å². The van der Waals surface area contributed by atoms with E-state index in [-0.39, 0.29) is 68.6 Å². The fraction of sp³-hybridized carbons (Fsp3) is 0.889. The first-order chi connectivity index (χ1) is 12.3. The van der Waals surface area contributed by atoms with E-state index in [2.05, 4.69) is 6.92 Å². The molecule has 0 saturated heterocycles. The first kappa shape index (κ1) is 33.5. The second-order valence-corrected chi connectivity index (χ2v) is 8.26. The van der Waals surface area contributed by atoms with Crippen molar-refractivity contribution in [2.45, 2.75) is 95.6 Å². The van der Waals surface area contributed by atoms with Crippen LogP contribution in [0.5, 0.6) is 0 Å². The minimum absolute atomic E-state index is 0. The zero-order valence-corrected chi connectivity index (χ0v) is 22.6. The smallest absolute Gasteiger partial charge is 1.00 e. The SMILES string of the molecule is CCCCCCCCCCCCCCOC(=O)C(CC(=O)O)S(=O)(=O)O.[H-].[H-].[Na+].[Na+]. The fourth-order valence-electron chi connectivity index (χ4n) is 2.68. The van der Waals surface area contributed by atoms with Crippen molar-refractivity contribution in [3.05, 3.63) is 0 Å². The van der Waals surface area contributed by atoms with Gasteiger partial charge in [-0.3, -0.25) is 14.1 Å². The molecule has 0 aromatic heterocycles. The fourth-order valence-corrected chi connectivity index (χ4v) is 3.34. The zero-order chi connectivity index (χ0) is 19.8. The van der Waals surface area contributed by atoms with Gasteiger partial charge in [0.1, 0.15) is 0 Å². The summed E-state index contributed by atoms with van der Waals surface area (Å²) in [6.45, 7) is 2.24. The van der Waals surface area contributed by atoms with Crippen LogP contribution in [-0.2, 0) is 24.4 Å². The number of ether oxygens (including phenoxy) is 1. The maximum absolute atomic E-state index is 11.6. The van der Waals surface area contributed by atoms with Gasteiger partial charge in [0.2, 0.25) is 0 Å². The van der Waals surface area contributed by atoms with E-state index in [1.807, 2.05) is 0 Å². The summed E-state index contributed by atoms with van der Waals surface area (Å²) >= 11 is 0. The van der Waals surface area contributed by atoms with Gasteiger partial charge in [-0.05, 0) is 6.42 Å². The van der Waals surface area contributed by atoms with E-state index in [9.17, 15) is 18.0 Å². The molecule has 2 N–H and O–H groups in total. The molecule has 0 fully saturated rings. The molecule has 0 bridgehead atoms. The molecule has 0 aliphatic rings. The number of carbonyl (C=O) groups is 2. The number of unbranched alkanes of at least 4 members (excludes halogenated alkanes) is 11. The van der Waals surface area contributed by atoms with E-state index in [0.717, 1.165) is 19.3 Å². The molecule has 7 nitrogen and oxygen atoms in total. The first-order valence-corrected chi connectivity index (χ1v) is 11.1. The number of carboxylic acid groups (broad SMARTS) is 1. The van der Waals surface area contributed by atoms with Gasteiger partial charge in [0.15, 0.2) is 5.25 Å².